The molecule has 0 radical (unpaired) electrons. The lowest BCUT2D eigenvalue weighted by molar-refractivity contribution is 0.197. The molecule has 1 aliphatic rings. The Kier molecular flexibility index (Phi) is 7.29. The first kappa shape index (κ1) is 16.0. The summed E-state index contributed by atoms with van der Waals surface area (Å²) in [7, 11) is 0. The third-order valence-electron chi connectivity index (χ3n) is 4.62. The summed E-state index contributed by atoms with van der Waals surface area (Å²) < 4.78 is 0. The zero-order valence-corrected chi connectivity index (χ0v) is 13.3. The van der Waals surface area contributed by atoms with Gasteiger partial charge in [-0.1, -0.05) is 34.6 Å². The molecule has 1 nitrogen and oxygen atoms in total. The van der Waals surface area contributed by atoms with Crippen LogP contribution in [-0.2, 0) is 0 Å². The molecule has 1 saturated carbocycles. The van der Waals surface area contributed by atoms with Crippen molar-refractivity contribution in [1.82, 2.24) is 5.32 Å². The predicted octanol–water partition coefficient (Wildman–Crippen LogP) is 4.86. The number of nitrogens with one attached hydrogen (secondary N) is 1. The van der Waals surface area contributed by atoms with E-state index in [0.29, 0.717) is 0 Å². The third-order valence-corrected chi connectivity index (χ3v) is 4.62. The fourth-order valence-corrected chi connectivity index (χ4v) is 3.77. The Hall–Kier alpha value is -0.0400. The molecule has 3 atom stereocenters. The zero-order chi connectivity index (χ0) is 13.5. The van der Waals surface area contributed by atoms with Crippen molar-refractivity contribution in [2.24, 2.45) is 23.7 Å². The highest BCUT2D eigenvalue weighted by molar-refractivity contribution is 4.78. The van der Waals surface area contributed by atoms with Crippen LogP contribution in [-0.4, -0.2) is 12.6 Å². The molecule has 0 spiro atoms. The molecule has 1 aliphatic carbocycles. The molecule has 108 valence electrons. The lowest BCUT2D eigenvalue weighted by Crippen LogP contribution is -2.35. The van der Waals surface area contributed by atoms with Gasteiger partial charge < -0.3 is 5.32 Å². The first-order chi connectivity index (χ1) is 8.52. The largest absolute Gasteiger partial charge is 0.314 e. The molecule has 0 aromatic rings. The molecule has 1 fully saturated rings. The Morgan fingerprint density at radius 1 is 1.06 bits per heavy atom. The Morgan fingerprint density at radius 2 is 1.67 bits per heavy atom. The van der Waals surface area contributed by atoms with Gasteiger partial charge in [-0.3, -0.25) is 0 Å². The fourth-order valence-electron chi connectivity index (χ4n) is 3.77. The van der Waals surface area contributed by atoms with Gasteiger partial charge in [-0.15, -0.1) is 0 Å². The highest BCUT2D eigenvalue weighted by atomic mass is 14.9. The first-order valence-electron chi connectivity index (χ1n) is 8.26. The highest BCUT2D eigenvalue weighted by Crippen LogP contribution is 2.35. The maximum atomic E-state index is 3.73. The Balaban J connectivity index is 2.32. The van der Waals surface area contributed by atoms with Gasteiger partial charge in [-0.25, -0.2) is 0 Å². The molecule has 0 saturated heterocycles. The topological polar surface area (TPSA) is 12.0 Å². The molecule has 1 heteroatoms. The van der Waals surface area contributed by atoms with E-state index >= 15 is 0 Å². The second-order valence-corrected chi connectivity index (χ2v) is 7.17. The Labute approximate surface area is 115 Å². The van der Waals surface area contributed by atoms with E-state index in [4.69, 9.17) is 0 Å². The van der Waals surface area contributed by atoms with Crippen molar-refractivity contribution < 1.29 is 0 Å². The molecule has 0 heterocycles. The maximum Gasteiger partial charge on any atom is 0.00901 e. The van der Waals surface area contributed by atoms with Gasteiger partial charge in [-0.2, -0.15) is 0 Å². The summed E-state index contributed by atoms with van der Waals surface area (Å²) >= 11 is 0. The van der Waals surface area contributed by atoms with E-state index in [1.54, 1.807) is 0 Å². The molecule has 3 unspecified atom stereocenters. The van der Waals surface area contributed by atoms with E-state index in [1.807, 2.05) is 0 Å². The quantitative estimate of drug-likeness (QED) is 0.683. The van der Waals surface area contributed by atoms with E-state index in [2.05, 4.69) is 39.9 Å². The summed E-state index contributed by atoms with van der Waals surface area (Å²) in [4.78, 5) is 0. The molecule has 0 aromatic carbocycles. The highest BCUT2D eigenvalue weighted by Gasteiger charge is 2.24. The van der Waals surface area contributed by atoms with Gasteiger partial charge in [0, 0.05) is 6.04 Å². The molecular weight excluding hydrogens is 218 g/mol. The molecule has 0 amide bonds. The van der Waals surface area contributed by atoms with Crippen LogP contribution in [0, 0.1) is 23.7 Å². The third kappa shape index (κ3) is 5.73. The predicted molar refractivity (Wildman–Crippen MR) is 81.8 cm³/mol. The summed E-state index contributed by atoms with van der Waals surface area (Å²) in [5.41, 5.74) is 0. The number of rotatable bonds is 7. The summed E-state index contributed by atoms with van der Waals surface area (Å²) in [5.74, 6) is 3.68. The Morgan fingerprint density at radius 3 is 2.17 bits per heavy atom. The van der Waals surface area contributed by atoms with E-state index in [1.165, 1.54) is 45.1 Å². The van der Waals surface area contributed by atoms with Gasteiger partial charge >= 0.3 is 0 Å². The normalized spacial score (nSPS) is 30.7. The van der Waals surface area contributed by atoms with Crippen molar-refractivity contribution in [2.45, 2.75) is 79.2 Å². The van der Waals surface area contributed by atoms with Gasteiger partial charge in [0.05, 0.1) is 0 Å². The van der Waals surface area contributed by atoms with Crippen LogP contribution in [0.25, 0.3) is 0 Å². The van der Waals surface area contributed by atoms with Gasteiger partial charge in [0.1, 0.15) is 0 Å². The SMILES string of the molecule is CCCNC(CCC1CC(C)CC(C)C1)C(C)C. The second-order valence-electron chi connectivity index (χ2n) is 7.17. The Bertz CT molecular complexity index is 202. The smallest absolute Gasteiger partial charge is 0.00901 e. The van der Waals surface area contributed by atoms with Crippen LogP contribution in [0.4, 0.5) is 0 Å². The molecule has 0 bridgehead atoms. The second kappa shape index (κ2) is 8.19. The van der Waals surface area contributed by atoms with Crippen molar-refractivity contribution in [2.75, 3.05) is 6.54 Å². The number of hydrogen-bond acceptors (Lipinski definition) is 1. The molecular formula is C17H35N. The van der Waals surface area contributed by atoms with Crippen molar-refractivity contribution in [3.63, 3.8) is 0 Å². The average Bonchev–Trinajstić information content (AvgIpc) is 2.27. The van der Waals surface area contributed by atoms with Crippen molar-refractivity contribution >= 4 is 0 Å². The van der Waals surface area contributed by atoms with E-state index in [-0.39, 0.29) is 0 Å². The molecule has 1 rings (SSSR count). The minimum atomic E-state index is 0.734. The summed E-state index contributed by atoms with van der Waals surface area (Å²) in [6, 6.07) is 0.734. The first-order valence-corrected chi connectivity index (χ1v) is 8.26. The molecule has 1 N–H and O–H groups in total. The van der Waals surface area contributed by atoms with Crippen LogP contribution < -0.4 is 5.32 Å². The lowest BCUT2D eigenvalue weighted by atomic mass is 9.74. The summed E-state index contributed by atoms with van der Waals surface area (Å²) in [6.45, 7) is 13.0. The van der Waals surface area contributed by atoms with E-state index < -0.39 is 0 Å². The van der Waals surface area contributed by atoms with Crippen molar-refractivity contribution in [3.05, 3.63) is 0 Å². The van der Waals surface area contributed by atoms with Crippen molar-refractivity contribution in [1.29, 1.82) is 0 Å². The summed E-state index contributed by atoms with van der Waals surface area (Å²) in [5, 5.41) is 3.73. The van der Waals surface area contributed by atoms with Crippen LogP contribution in [0.3, 0.4) is 0 Å². The van der Waals surface area contributed by atoms with E-state index in [9.17, 15) is 0 Å². The zero-order valence-electron chi connectivity index (χ0n) is 13.3. The van der Waals surface area contributed by atoms with Gasteiger partial charge in [0.15, 0.2) is 0 Å². The van der Waals surface area contributed by atoms with Crippen LogP contribution in [0.5, 0.6) is 0 Å². The van der Waals surface area contributed by atoms with Crippen LogP contribution in [0.1, 0.15) is 73.1 Å². The molecule has 18 heavy (non-hydrogen) atoms. The minimum absolute atomic E-state index is 0.734. The lowest BCUT2D eigenvalue weighted by Gasteiger charge is -2.33. The van der Waals surface area contributed by atoms with Crippen LogP contribution >= 0.6 is 0 Å². The molecule has 0 aromatic heterocycles. The van der Waals surface area contributed by atoms with Gasteiger partial charge in [-0.05, 0) is 68.7 Å². The van der Waals surface area contributed by atoms with Crippen LogP contribution in [0.15, 0.2) is 0 Å². The van der Waals surface area contributed by atoms with E-state index in [0.717, 1.165) is 29.7 Å². The maximum absolute atomic E-state index is 3.73. The molecule has 0 aliphatic heterocycles. The van der Waals surface area contributed by atoms with Gasteiger partial charge in [0.2, 0.25) is 0 Å². The standard InChI is InChI=1S/C17H35N/c1-6-9-18-17(13(2)3)8-7-16-11-14(4)10-15(5)12-16/h13-18H,6-12H2,1-5H3. The number of hydrogen-bond donors (Lipinski definition) is 1. The van der Waals surface area contributed by atoms with Crippen molar-refractivity contribution in [3.8, 4) is 0 Å². The average molecular weight is 253 g/mol. The summed E-state index contributed by atoms with van der Waals surface area (Å²) in [6.07, 6.45) is 8.47. The van der Waals surface area contributed by atoms with Gasteiger partial charge in [0.25, 0.3) is 0 Å². The monoisotopic (exact) mass is 253 g/mol. The minimum Gasteiger partial charge on any atom is -0.314 e. The fraction of sp³-hybridized carbons (Fsp3) is 1.00. The van der Waals surface area contributed by atoms with Crippen LogP contribution in [0.2, 0.25) is 0 Å².